The van der Waals surface area contributed by atoms with Gasteiger partial charge in [-0.25, -0.2) is 0 Å². The Hall–Kier alpha value is -0.0400. The number of hydrogen-bond donors (Lipinski definition) is 1. The summed E-state index contributed by atoms with van der Waals surface area (Å²) in [6, 6.07) is 0. The van der Waals surface area contributed by atoms with Crippen molar-refractivity contribution in [3.05, 3.63) is 0 Å². The largest absolute Gasteiger partial charge is 0.330 e. The Bertz CT molecular complexity index is 125. The van der Waals surface area contributed by atoms with Crippen LogP contribution in [0.3, 0.4) is 0 Å². The molecule has 1 aliphatic carbocycles. The molecular weight excluding hydrogens is 158 g/mol. The second-order valence-electron chi connectivity index (χ2n) is 4.74. The van der Waals surface area contributed by atoms with Crippen LogP contribution in [0.15, 0.2) is 0 Å². The van der Waals surface area contributed by atoms with E-state index in [1.807, 2.05) is 0 Å². The van der Waals surface area contributed by atoms with Crippen LogP contribution in [-0.4, -0.2) is 6.54 Å². The predicted octanol–water partition coefficient (Wildman–Crippen LogP) is 3.19. The van der Waals surface area contributed by atoms with Gasteiger partial charge in [0.1, 0.15) is 0 Å². The molecule has 78 valence electrons. The van der Waals surface area contributed by atoms with Gasteiger partial charge < -0.3 is 5.73 Å². The third-order valence-corrected chi connectivity index (χ3v) is 3.90. The van der Waals surface area contributed by atoms with E-state index in [0.717, 1.165) is 24.3 Å². The maximum absolute atomic E-state index is 5.59. The van der Waals surface area contributed by atoms with Gasteiger partial charge in [-0.2, -0.15) is 0 Å². The molecule has 1 atom stereocenters. The average Bonchev–Trinajstić information content (AvgIpc) is 2.18. The molecule has 2 N–H and O–H groups in total. The van der Waals surface area contributed by atoms with Crippen molar-refractivity contribution in [1.29, 1.82) is 0 Å². The lowest BCUT2D eigenvalue weighted by molar-refractivity contribution is 0.205. The molecule has 0 aliphatic heterocycles. The van der Waals surface area contributed by atoms with Crippen molar-refractivity contribution in [1.82, 2.24) is 0 Å². The SMILES string of the molecule is CCC1CCC(C(C)CCN)CC1. The van der Waals surface area contributed by atoms with Gasteiger partial charge in [-0.1, -0.05) is 33.1 Å². The van der Waals surface area contributed by atoms with Gasteiger partial charge in [0.2, 0.25) is 0 Å². The second-order valence-corrected chi connectivity index (χ2v) is 4.74. The lowest BCUT2D eigenvalue weighted by Crippen LogP contribution is -2.21. The van der Waals surface area contributed by atoms with Gasteiger partial charge in [0.15, 0.2) is 0 Å². The van der Waals surface area contributed by atoms with E-state index >= 15 is 0 Å². The highest BCUT2D eigenvalue weighted by molar-refractivity contribution is 4.75. The third kappa shape index (κ3) is 3.30. The zero-order valence-electron chi connectivity index (χ0n) is 9.26. The van der Waals surface area contributed by atoms with Crippen molar-refractivity contribution in [2.75, 3.05) is 6.54 Å². The number of nitrogens with two attached hydrogens (primary N) is 1. The maximum Gasteiger partial charge on any atom is -0.00746 e. The predicted molar refractivity (Wildman–Crippen MR) is 58.6 cm³/mol. The van der Waals surface area contributed by atoms with Gasteiger partial charge in [-0.3, -0.25) is 0 Å². The minimum atomic E-state index is 0.864. The summed E-state index contributed by atoms with van der Waals surface area (Å²) in [5.74, 6) is 2.87. The smallest absolute Gasteiger partial charge is 0.00746 e. The lowest BCUT2D eigenvalue weighted by Gasteiger charge is -2.31. The fourth-order valence-electron chi connectivity index (χ4n) is 2.66. The molecule has 1 aliphatic rings. The zero-order chi connectivity index (χ0) is 9.68. The van der Waals surface area contributed by atoms with Gasteiger partial charge in [0.05, 0.1) is 0 Å². The highest BCUT2D eigenvalue weighted by Crippen LogP contribution is 2.35. The Morgan fingerprint density at radius 2 is 1.85 bits per heavy atom. The molecule has 0 radical (unpaired) electrons. The third-order valence-electron chi connectivity index (χ3n) is 3.90. The van der Waals surface area contributed by atoms with Crippen LogP contribution >= 0.6 is 0 Å². The summed E-state index contributed by atoms with van der Waals surface area (Å²) in [7, 11) is 0. The van der Waals surface area contributed by atoms with Crippen LogP contribution in [0, 0.1) is 17.8 Å². The topological polar surface area (TPSA) is 26.0 Å². The summed E-state index contributed by atoms with van der Waals surface area (Å²) in [4.78, 5) is 0. The summed E-state index contributed by atoms with van der Waals surface area (Å²) in [6.45, 7) is 5.58. The monoisotopic (exact) mass is 183 g/mol. The van der Waals surface area contributed by atoms with E-state index in [4.69, 9.17) is 5.73 Å². The average molecular weight is 183 g/mol. The molecule has 13 heavy (non-hydrogen) atoms. The lowest BCUT2D eigenvalue weighted by atomic mass is 9.75. The van der Waals surface area contributed by atoms with Gasteiger partial charge in [-0.15, -0.1) is 0 Å². The van der Waals surface area contributed by atoms with Crippen molar-refractivity contribution in [2.45, 2.75) is 52.4 Å². The van der Waals surface area contributed by atoms with Crippen molar-refractivity contribution >= 4 is 0 Å². The van der Waals surface area contributed by atoms with Gasteiger partial charge in [0.25, 0.3) is 0 Å². The van der Waals surface area contributed by atoms with Crippen molar-refractivity contribution < 1.29 is 0 Å². The molecule has 1 nitrogen and oxygen atoms in total. The van der Waals surface area contributed by atoms with Crippen LogP contribution in [-0.2, 0) is 0 Å². The van der Waals surface area contributed by atoms with E-state index < -0.39 is 0 Å². The molecule has 0 bridgehead atoms. The minimum Gasteiger partial charge on any atom is -0.330 e. The summed E-state index contributed by atoms with van der Waals surface area (Å²) in [5, 5.41) is 0. The van der Waals surface area contributed by atoms with Crippen LogP contribution in [0.4, 0.5) is 0 Å². The van der Waals surface area contributed by atoms with E-state index in [0.29, 0.717) is 0 Å². The first-order valence-corrected chi connectivity index (χ1v) is 5.98. The molecule has 1 heteroatoms. The van der Waals surface area contributed by atoms with E-state index in [9.17, 15) is 0 Å². The molecule has 1 fully saturated rings. The molecule has 1 unspecified atom stereocenters. The summed E-state index contributed by atoms with van der Waals surface area (Å²) in [6.07, 6.45) is 8.46. The minimum absolute atomic E-state index is 0.864. The molecule has 0 aromatic rings. The highest BCUT2D eigenvalue weighted by atomic mass is 14.5. The first-order chi connectivity index (χ1) is 6.27. The van der Waals surface area contributed by atoms with Crippen molar-refractivity contribution in [3.63, 3.8) is 0 Å². The van der Waals surface area contributed by atoms with E-state index in [1.165, 1.54) is 38.5 Å². The number of rotatable bonds is 4. The van der Waals surface area contributed by atoms with Gasteiger partial charge in [0, 0.05) is 0 Å². The Labute approximate surface area is 83.1 Å². The van der Waals surface area contributed by atoms with Crippen LogP contribution in [0.5, 0.6) is 0 Å². The van der Waals surface area contributed by atoms with Gasteiger partial charge >= 0.3 is 0 Å². The molecular formula is C12H25N. The van der Waals surface area contributed by atoms with Crippen LogP contribution in [0.2, 0.25) is 0 Å². The Morgan fingerprint density at radius 3 is 2.31 bits per heavy atom. The molecule has 0 heterocycles. The first-order valence-electron chi connectivity index (χ1n) is 5.98. The fraction of sp³-hybridized carbons (Fsp3) is 1.00. The number of hydrogen-bond acceptors (Lipinski definition) is 1. The van der Waals surface area contributed by atoms with Crippen molar-refractivity contribution in [3.8, 4) is 0 Å². The standard InChI is InChI=1S/C12H25N/c1-3-11-4-6-12(7-5-11)10(2)8-9-13/h10-12H,3-9,13H2,1-2H3. The Balaban J connectivity index is 2.23. The van der Waals surface area contributed by atoms with E-state index in [1.54, 1.807) is 0 Å². The molecule has 1 saturated carbocycles. The second kappa shape index (κ2) is 5.64. The molecule has 0 amide bonds. The summed E-state index contributed by atoms with van der Waals surface area (Å²) < 4.78 is 0. The first kappa shape index (κ1) is 11.0. The normalized spacial score (nSPS) is 31.6. The van der Waals surface area contributed by atoms with Crippen LogP contribution in [0.25, 0.3) is 0 Å². The zero-order valence-corrected chi connectivity index (χ0v) is 9.26. The summed E-state index contributed by atoms with van der Waals surface area (Å²) in [5.41, 5.74) is 5.59. The maximum atomic E-state index is 5.59. The van der Waals surface area contributed by atoms with Crippen molar-refractivity contribution in [2.24, 2.45) is 23.5 Å². The molecule has 0 aromatic carbocycles. The summed E-state index contributed by atoms with van der Waals surface area (Å²) >= 11 is 0. The Kier molecular flexibility index (Phi) is 4.79. The molecule has 0 aromatic heterocycles. The molecule has 1 rings (SSSR count). The van der Waals surface area contributed by atoms with Crippen LogP contribution < -0.4 is 5.73 Å². The Morgan fingerprint density at radius 1 is 1.23 bits per heavy atom. The van der Waals surface area contributed by atoms with Gasteiger partial charge in [-0.05, 0) is 43.6 Å². The highest BCUT2D eigenvalue weighted by Gasteiger charge is 2.23. The molecule has 0 spiro atoms. The van der Waals surface area contributed by atoms with Crippen LogP contribution in [0.1, 0.15) is 52.4 Å². The van der Waals surface area contributed by atoms with E-state index in [-0.39, 0.29) is 0 Å². The quantitative estimate of drug-likeness (QED) is 0.711. The molecule has 0 saturated heterocycles. The fourth-order valence-corrected chi connectivity index (χ4v) is 2.66. The van der Waals surface area contributed by atoms with E-state index in [2.05, 4.69) is 13.8 Å².